The molecule has 1 nitrogen and oxygen atoms in total. The van der Waals surface area contributed by atoms with Gasteiger partial charge in [0, 0.05) is 12.3 Å². The zero-order valence-electron chi connectivity index (χ0n) is 17.6. The zero-order valence-corrected chi connectivity index (χ0v) is 17.6. The van der Waals surface area contributed by atoms with E-state index in [0.29, 0.717) is 34.4 Å². The Bertz CT molecular complexity index is 577. The maximum atomic E-state index is 13.1. The highest BCUT2D eigenvalue weighted by molar-refractivity contribution is 5.83. The molecule has 0 aromatic carbocycles. The van der Waals surface area contributed by atoms with Crippen molar-refractivity contribution in [1.82, 2.24) is 0 Å². The van der Waals surface area contributed by atoms with Crippen LogP contribution in [-0.4, -0.2) is 5.78 Å². The summed E-state index contributed by atoms with van der Waals surface area (Å²) in [5, 5.41) is 0. The smallest absolute Gasteiger partial charge is 0.136 e. The van der Waals surface area contributed by atoms with E-state index < -0.39 is 0 Å². The molecular weight excluding hydrogens is 316 g/mol. The quantitative estimate of drug-likeness (QED) is 0.507. The molecule has 4 fully saturated rings. The van der Waals surface area contributed by atoms with E-state index in [1.54, 1.807) is 0 Å². The van der Waals surface area contributed by atoms with E-state index in [4.69, 9.17) is 0 Å². The average Bonchev–Trinajstić information content (AvgIpc) is 2.97. The van der Waals surface area contributed by atoms with Gasteiger partial charge in [-0.2, -0.15) is 0 Å². The lowest BCUT2D eigenvalue weighted by molar-refractivity contribution is -0.154. The van der Waals surface area contributed by atoms with E-state index in [1.165, 1.54) is 51.4 Å². The van der Waals surface area contributed by atoms with Crippen LogP contribution in [0.15, 0.2) is 12.2 Å². The number of fused-ring (bicyclic) bond motifs is 5. The number of rotatable bonds is 3. The highest BCUT2D eigenvalue weighted by atomic mass is 16.1. The number of hydrogen-bond acceptors (Lipinski definition) is 1. The third-order valence-electron chi connectivity index (χ3n) is 9.75. The fraction of sp³-hybridized carbons (Fsp3) is 0.880. The molecule has 4 rings (SSSR count). The van der Waals surface area contributed by atoms with Crippen LogP contribution in [0.3, 0.4) is 0 Å². The van der Waals surface area contributed by atoms with Crippen LogP contribution in [0.4, 0.5) is 0 Å². The van der Waals surface area contributed by atoms with E-state index in [0.717, 1.165) is 30.6 Å². The Morgan fingerprint density at radius 3 is 2.58 bits per heavy atom. The molecule has 146 valence electrons. The van der Waals surface area contributed by atoms with Gasteiger partial charge in [-0.3, -0.25) is 4.79 Å². The standard InChI is InChI=1S/C25H40O/c1-5-6-9-17(2)19-11-12-20-18-16-23(26)22-10-7-8-14-24(22,3)21(18)13-15-25(19,20)4/h6,9,17-22H,5,7-8,10-16H2,1-4H3/b9-6-/t17-,18?,19?,20?,21?,22?,24?,25?/m1/s1. The van der Waals surface area contributed by atoms with Crippen molar-refractivity contribution in [2.75, 3.05) is 0 Å². The normalized spacial score (nSPS) is 49.5. The van der Waals surface area contributed by atoms with Gasteiger partial charge in [-0.05, 0) is 85.4 Å². The zero-order chi connectivity index (χ0) is 18.5. The predicted octanol–water partition coefficient (Wildman–Crippen LogP) is 6.82. The SMILES string of the molecule is CC/C=C\[C@@H](C)C1CCC2C3CC(=O)C4CCCCC4(C)C3CCC21C. The first kappa shape index (κ1) is 18.8. The molecule has 26 heavy (non-hydrogen) atoms. The second-order valence-corrected chi connectivity index (χ2v) is 10.8. The molecule has 0 saturated heterocycles. The van der Waals surface area contributed by atoms with Crippen molar-refractivity contribution in [2.45, 2.75) is 91.9 Å². The molecular formula is C25H40O. The molecule has 4 saturated carbocycles. The van der Waals surface area contributed by atoms with Gasteiger partial charge in [0.05, 0.1) is 0 Å². The summed E-state index contributed by atoms with van der Waals surface area (Å²) in [6.45, 7) is 9.79. The maximum absolute atomic E-state index is 13.1. The van der Waals surface area contributed by atoms with Gasteiger partial charge in [0.25, 0.3) is 0 Å². The summed E-state index contributed by atoms with van der Waals surface area (Å²) in [5.74, 6) is 4.86. The summed E-state index contributed by atoms with van der Waals surface area (Å²) < 4.78 is 0. The summed E-state index contributed by atoms with van der Waals surface area (Å²) in [5.41, 5.74) is 0.794. The molecule has 0 radical (unpaired) electrons. The number of hydrogen-bond donors (Lipinski definition) is 0. The van der Waals surface area contributed by atoms with E-state index in [1.807, 2.05) is 0 Å². The molecule has 0 aliphatic heterocycles. The summed E-state index contributed by atoms with van der Waals surface area (Å²) in [6, 6.07) is 0. The van der Waals surface area contributed by atoms with Crippen molar-refractivity contribution < 1.29 is 4.79 Å². The molecule has 0 spiro atoms. The first-order valence-corrected chi connectivity index (χ1v) is 11.6. The van der Waals surface area contributed by atoms with Crippen LogP contribution in [0, 0.1) is 46.3 Å². The predicted molar refractivity (Wildman–Crippen MR) is 109 cm³/mol. The van der Waals surface area contributed by atoms with Gasteiger partial charge in [-0.1, -0.05) is 52.7 Å². The summed E-state index contributed by atoms with van der Waals surface area (Å²) in [7, 11) is 0. The summed E-state index contributed by atoms with van der Waals surface area (Å²) in [6.07, 6.45) is 17.6. The highest BCUT2D eigenvalue weighted by Gasteiger charge is 2.61. The third kappa shape index (κ3) is 2.67. The Balaban J connectivity index is 1.60. The van der Waals surface area contributed by atoms with Crippen molar-refractivity contribution in [3.05, 3.63) is 12.2 Å². The summed E-state index contributed by atoms with van der Waals surface area (Å²) in [4.78, 5) is 13.1. The minimum Gasteiger partial charge on any atom is -0.299 e. The van der Waals surface area contributed by atoms with Gasteiger partial charge in [0.2, 0.25) is 0 Å². The van der Waals surface area contributed by atoms with Gasteiger partial charge in [-0.25, -0.2) is 0 Å². The summed E-state index contributed by atoms with van der Waals surface area (Å²) >= 11 is 0. The van der Waals surface area contributed by atoms with E-state index in [9.17, 15) is 4.79 Å². The van der Waals surface area contributed by atoms with Gasteiger partial charge in [0.1, 0.15) is 5.78 Å². The molecule has 7 unspecified atom stereocenters. The topological polar surface area (TPSA) is 17.1 Å². The van der Waals surface area contributed by atoms with Crippen LogP contribution in [-0.2, 0) is 4.79 Å². The largest absolute Gasteiger partial charge is 0.299 e. The van der Waals surface area contributed by atoms with Crippen LogP contribution < -0.4 is 0 Å². The van der Waals surface area contributed by atoms with Crippen molar-refractivity contribution >= 4 is 5.78 Å². The molecule has 0 bridgehead atoms. The Morgan fingerprint density at radius 1 is 1.04 bits per heavy atom. The van der Waals surface area contributed by atoms with E-state index >= 15 is 0 Å². The number of ketones is 1. The van der Waals surface area contributed by atoms with Crippen molar-refractivity contribution in [3.8, 4) is 0 Å². The Kier molecular flexibility index (Phi) is 4.89. The maximum Gasteiger partial charge on any atom is 0.136 e. The molecule has 4 aliphatic rings. The number of allylic oxidation sites excluding steroid dienone is 2. The molecule has 0 N–H and O–H groups in total. The van der Waals surface area contributed by atoms with E-state index in [2.05, 4.69) is 39.8 Å². The second kappa shape index (κ2) is 6.78. The average molecular weight is 357 g/mol. The van der Waals surface area contributed by atoms with Crippen LogP contribution in [0.2, 0.25) is 0 Å². The van der Waals surface area contributed by atoms with Gasteiger partial charge in [-0.15, -0.1) is 0 Å². The second-order valence-electron chi connectivity index (χ2n) is 10.8. The number of Topliss-reactive ketones (excluding diaryl/α,β-unsaturated/α-hetero) is 1. The van der Waals surface area contributed by atoms with Crippen LogP contribution in [0.25, 0.3) is 0 Å². The third-order valence-corrected chi connectivity index (χ3v) is 9.75. The fourth-order valence-electron chi connectivity index (χ4n) is 8.49. The molecule has 8 atom stereocenters. The molecule has 0 amide bonds. The Hall–Kier alpha value is -0.590. The van der Waals surface area contributed by atoms with Crippen molar-refractivity contribution in [1.29, 1.82) is 0 Å². The van der Waals surface area contributed by atoms with E-state index in [-0.39, 0.29) is 0 Å². The number of carbonyl (C=O) groups excluding carboxylic acids is 1. The molecule has 0 heterocycles. The Labute approximate surface area is 161 Å². The van der Waals surface area contributed by atoms with Gasteiger partial charge >= 0.3 is 0 Å². The highest BCUT2D eigenvalue weighted by Crippen LogP contribution is 2.67. The number of carbonyl (C=O) groups is 1. The molecule has 4 aliphatic carbocycles. The minimum atomic E-state index is 0.325. The Morgan fingerprint density at radius 2 is 1.81 bits per heavy atom. The fourth-order valence-corrected chi connectivity index (χ4v) is 8.49. The molecule has 1 heteroatoms. The lowest BCUT2D eigenvalue weighted by atomic mass is 9.44. The molecule has 0 aromatic rings. The lowest BCUT2D eigenvalue weighted by Gasteiger charge is -2.60. The monoisotopic (exact) mass is 356 g/mol. The minimum absolute atomic E-state index is 0.325. The lowest BCUT2D eigenvalue weighted by Crippen LogP contribution is -2.55. The first-order valence-electron chi connectivity index (χ1n) is 11.6. The van der Waals surface area contributed by atoms with Crippen LogP contribution in [0.1, 0.15) is 91.9 Å². The van der Waals surface area contributed by atoms with Gasteiger partial charge < -0.3 is 0 Å². The van der Waals surface area contributed by atoms with Crippen LogP contribution >= 0.6 is 0 Å². The first-order chi connectivity index (χ1) is 12.4. The van der Waals surface area contributed by atoms with Crippen molar-refractivity contribution in [2.24, 2.45) is 46.3 Å². The van der Waals surface area contributed by atoms with Crippen molar-refractivity contribution in [3.63, 3.8) is 0 Å². The van der Waals surface area contributed by atoms with Gasteiger partial charge in [0.15, 0.2) is 0 Å². The molecule has 0 aromatic heterocycles. The van der Waals surface area contributed by atoms with Crippen LogP contribution in [0.5, 0.6) is 0 Å².